The quantitative estimate of drug-likeness (QED) is 0.718. The van der Waals surface area contributed by atoms with Crippen molar-refractivity contribution in [2.24, 2.45) is 5.92 Å². The maximum atomic E-state index is 13.2. The molecule has 2 saturated heterocycles. The molecule has 156 valence electrons. The standard InChI is InChI=1S/C19H27ClN2O5S/c1-2-26-17-8-7-15(20)11-18(17)28(24,25)22-9-3-5-14(13-22)19(23)21-12-16-6-4-10-27-16/h7-8,11,14,16H,2-6,9-10,12-13H2,1H3,(H,21,23)/t14-,16-/m1/s1. The summed E-state index contributed by atoms with van der Waals surface area (Å²) in [6.07, 6.45) is 3.31. The van der Waals surface area contributed by atoms with Crippen molar-refractivity contribution in [3.8, 4) is 5.75 Å². The van der Waals surface area contributed by atoms with Crippen LogP contribution in [-0.4, -0.2) is 57.6 Å². The molecule has 0 unspecified atom stereocenters. The van der Waals surface area contributed by atoms with Crippen LogP contribution < -0.4 is 10.1 Å². The number of sulfonamides is 1. The summed E-state index contributed by atoms with van der Waals surface area (Å²) in [6.45, 7) is 3.87. The fraction of sp³-hybridized carbons (Fsp3) is 0.632. The molecule has 2 fully saturated rings. The fourth-order valence-corrected chi connectivity index (χ4v) is 5.55. The zero-order valence-electron chi connectivity index (χ0n) is 16.0. The van der Waals surface area contributed by atoms with E-state index in [-0.39, 0.29) is 35.1 Å². The minimum absolute atomic E-state index is 0.0438. The van der Waals surface area contributed by atoms with Crippen molar-refractivity contribution in [1.82, 2.24) is 9.62 Å². The molecule has 3 rings (SSSR count). The molecule has 2 aliphatic rings. The van der Waals surface area contributed by atoms with E-state index in [4.69, 9.17) is 21.1 Å². The molecule has 1 aromatic rings. The van der Waals surface area contributed by atoms with Gasteiger partial charge in [0, 0.05) is 31.3 Å². The molecule has 0 radical (unpaired) electrons. The third kappa shape index (κ3) is 4.97. The summed E-state index contributed by atoms with van der Waals surface area (Å²) in [5, 5.41) is 3.24. The van der Waals surface area contributed by atoms with Gasteiger partial charge in [-0.2, -0.15) is 4.31 Å². The fourth-order valence-electron chi connectivity index (χ4n) is 3.64. The number of nitrogens with zero attached hydrogens (tertiary/aromatic N) is 1. The number of benzene rings is 1. The van der Waals surface area contributed by atoms with Crippen LogP contribution in [0.1, 0.15) is 32.6 Å². The Morgan fingerprint density at radius 1 is 1.36 bits per heavy atom. The second kappa shape index (κ2) is 9.43. The molecule has 1 N–H and O–H groups in total. The molecular weight excluding hydrogens is 404 g/mol. The molecule has 0 aliphatic carbocycles. The van der Waals surface area contributed by atoms with Crippen molar-refractivity contribution in [2.45, 2.75) is 43.6 Å². The molecule has 0 spiro atoms. The van der Waals surface area contributed by atoms with Gasteiger partial charge in [0.25, 0.3) is 0 Å². The predicted octanol–water partition coefficient (Wildman–Crippen LogP) is 2.43. The Kier molecular flexibility index (Phi) is 7.20. The summed E-state index contributed by atoms with van der Waals surface area (Å²) < 4.78 is 38.8. The number of ether oxygens (including phenoxy) is 2. The SMILES string of the molecule is CCOc1ccc(Cl)cc1S(=O)(=O)N1CCC[C@@H](C(=O)NC[C@H]2CCCO2)C1. The maximum Gasteiger partial charge on any atom is 0.246 e. The summed E-state index contributed by atoms with van der Waals surface area (Å²) in [4.78, 5) is 12.6. The van der Waals surface area contributed by atoms with Gasteiger partial charge in [0.15, 0.2) is 0 Å². The number of hydrogen-bond donors (Lipinski definition) is 1. The highest BCUT2D eigenvalue weighted by molar-refractivity contribution is 7.89. The maximum absolute atomic E-state index is 13.2. The van der Waals surface area contributed by atoms with Crippen LogP contribution in [0.25, 0.3) is 0 Å². The number of halogens is 1. The van der Waals surface area contributed by atoms with E-state index in [0.717, 1.165) is 19.4 Å². The van der Waals surface area contributed by atoms with Crippen molar-refractivity contribution in [3.05, 3.63) is 23.2 Å². The average Bonchev–Trinajstić information content (AvgIpc) is 3.21. The zero-order chi connectivity index (χ0) is 20.1. The van der Waals surface area contributed by atoms with E-state index < -0.39 is 10.0 Å². The van der Waals surface area contributed by atoms with Crippen LogP contribution in [0.4, 0.5) is 0 Å². The second-order valence-electron chi connectivity index (χ2n) is 7.11. The van der Waals surface area contributed by atoms with E-state index in [1.54, 1.807) is 19.1 Å². The third-order valence-electron chi connectivity index (χ3n) is 5.11. The number of piperidine rings is 1. The van der Waals surface area contributed by atoms with E-state index in [1.165, 1.54) is 10.4 Å². The molecule has 2 heterocycles. The van der Waals surface area contributed by atoms with E-state index in [2.05, 4.69) is 5.32 Å². The lowest BCUT2D eigenvalue weighted by molar-refractivity contribution is -0.126. The first kappa shape index (κ1) is 21.4. The van der Waals surface area contributed by atoms with Crippen LogP contribution in [0.15, 0.2) is 23.1 Å². The Balaban J connectivity index is 1.70. The number of amides is 1. The number of hydrogen-bond acceptors (Lipinski definition) is 5. The molecule has 1 aromatic carbocycles. The van der Waals surface area contributed by atoms with Gasteiger partial charge in [0.05, 0.1) is 18.6 Å². The highest BCUT2D eigenvalue weighted by Crippen LogP contribution is 2.32. The lowest BCUT2D eigenvalue weighted by Crippen LogP contribution is -2.46. The first-order chi connectivity index (χ1) is 13.4. The summed E-state index contributed by atoms with van der Waals surface area (Å²) in [7, 11) is -3.82. The number of carbonyl (C=O) groups excluding carboxylic acids is 1. The van der Waals surface area contributed by atoms with Crippen molar-refractivity contribution < 1.29 is 22.7 Å². The number of carbonyl (C=O) groups is 1. The Labute approximate surface area is 171 Å². The van der Waals surface area contributed by atoms with Gasteiger partial charge in [-0.05, 0) is 50.8 Å². The third-order valence-corrected chi connectivity index (χ3v) is 7.23. The molecule has 9 heteroatoms. The van der Waals surface area contributed by atoms with Crippen molar-refractivity contribution in [2.75, 3.05) is 32.8 Å². The minimum Gasteiger partial charge on any atom is -0.492 e. The first-order valence-corrected chi connectivity index (χ1v) is 11.6. The molecule has 7 nitrogen and oxygen atoms in total. The minimum atomic E-state index is -3.82. The molecule has 2 aliphatic heterocycles. The van der Waals surface area contributed by atoms with Gasteiger partial charge in [0.2, 0.25) is 15.9 Å². The Morgan fingerprint density at radius 3 is 2.89 bits per heavy atom. The predicted molar refractivity (Wildman–Crippen MR) is 106 cm³/mol. The normalized spacial score (nSPS) is 23.5. The number of nitrogens with one attached hydrogen (secondary N) is 1. The van der Waals surface area contributed by atoms with Crippen molar-refractivity contribution in [1.29, 1.82) is 0 Å². The Hall–Kier alpha value is -1.35. The van der Waals surface area contributed by atoms with E-state index >= 15 is 0 Å². The van der Waals surface area contributed by atoms with Crippen LogP contribution in [0.2, 0.25) is 5.02 Å². The molecule has 28 heavy (non-hydrogen) atoms. The number of rotatable bonds is 7. The second-order valence-corrected chi connectivity index (χ2v) is 9.45. The monoisotopic (exact) mass is 430 g/mol. The lowest BCUT2D eigenvalue weighted by atomic mass is 9.99. The molecule has 1 amide bonds. The van der Waals surface area contributed by atoms with Gasteiger partial charge in [-0.25, -0.2) is 8.42 Å². The molecule has 2 atom stereocenters. The zero-order valence-corrected chi connectivity index (χ0v) is 17.6. The lowest BCUT2D eigenvalue weighted by Gasteiger charge is -2.31. The van der Waals surface area contributed by atoms with Gasteiger partial charge in [-0.3, -0.25) is 4.79 Å². The Bertz CT molecular complexity index is 796. The van der Waals surface area contributed by atoms with E-state index in [0.29, 0.717) is 37.6 Å². The highest BCUT2D eigenvalue weighted by atomic mass is 35.5. The summed E-state index contributed by atoms with van der Waals surface area (Å²) in [5.41, 5.74) is 0. The van der Waals surface area contributed by atoms with Gasteiger partial charge < -0.3 is 14.8 Å². The van der Waals surface area contributed by atoms with Crippen LogP contribution in [0.3, 0.4) is 0 Å². The summed E-state index contributed by atoms with van der Waals surface area (Å²) in [5.74, 6) is -0.219. The van der Waals surface area contributed by atoms with Crippen molar-refractivity contribution in [3.63, 3.8) is 0 Å². The van der Waals surface area contributed by atoms with Crippen LogP contribution in [0, 0.1) is 5.92 Å². The largest absolute Gasteiger partial charge is 0.492 e. The highest BCUT2D eigenvalue weighted by Gasteiger charge is 2.35. The van der Waals surface area contributed by atoms with Crippen LogP contribution >= 0.6 is 11.6 Å². The molecule has 0 aromatic heterocycles. The van der Waals surface area contributed by atoms with E-state index in [9.17, 15) is 13.2 Å². The van der Waals surface area contributed by atoms with Gasteiger partial charge in [0.1, 0.15) is 10.6 Å². The van der Waals surface area contributed by atoms with E-state index in [1.807, 2.05) is 0 Å². The molecule has 0 saturated carbocycles. The summed E-state index contributed by atoms with van der Waals surface area (Å²) >= 11 is 6.03. The molecular formula is C19H27ClN2O5S. The van der Waals surface area contributed by atoms with Crippen molar-refractivity contribution >= 4 is 27.5 Å². The average molecular weight is 431 g/mol. The van der Waals surface area contributed by atoms with Gasteiger partial charge in [-0.1, -0.05) is 11.6 Å². The Morgan fingerprint density at radius 2 is 2.18 bits per heavy atom. The van der Waals surface area contributed by atoms with Gasteiger partial charge >= 0.3 is 0 Å². The first-order valence-electron chi connectivity index (χ1n) is 9.73. The topological polar surface area (TPSA) is 84.9 Å². The smallest absolute Gasteiger partial charge is 0.246 e. The molecule has 0 bridgehead atoms. The van der Waals surface area contributed by atoms with Crippen LogP contribution in [0.5, 0.6) is 5.75 Å². The van der Waals surface area contributed by atoms with Crippen LogP contribution in [-0.2, 0) is 19.6 Å². The summed E-state index contributed by atoms with van der Waals surface area (Å²) in [6, 6.07) is 4.57. The van der Waals surface area contributed by atoms with Gasteiger partial charge in [-0.15, -0.1) is 0 Å².